The summed E-state index contributed by atoms with van der Waals surface area (Å²) in [6, 6.07) is 7.52. The van der Waals surface area contributed by atoms with Crippen molar-refractivity contribution in [2.24, 2.45) is 0 Å². The molecule has 2 fully saturated rings. The van der Waals surface area contributed by atoms with Crippen LogP contribution in [-0.2, 0) is 5.54 Å². The van der Waals surface area contributed by atoms with Crippen LogP contribution in [0.25, 0.3) is 0 Å². The monoisotopic (exact) mass is 220 g/mol. The van der Waals surface area contributed by atoms with Crippen LogP contribution in [0.2, 0.25) is 0 Å². The van der Waals surface area contributed by atoms with Gasteiger partial charge in [-0.25, -0.2) is 4.39 Å². The van der Waals surface area contributed by atoms with Crippen LogP contribution < -0.4 is 10.6 Å². The molecule has 3 heteroatoms. The van der Waals surface area contributed by atoms with E-state index < -0.39 is 0 Å². The molecule has 1 saturated heterocycles. The second-order valence-corrected chi connectivity index (χ2v) is 4.92. The van der Waals surface area contributed by atoms with Gasteiger partial charge < -0.3 is 10.6 Å². The van der Waals surface area contributed by atoms with Crippen LogP contribution in [0.1, 0.15) is 24.8 Å². The van der Waals surface area contributed by atoms with E-state index in [1.807, 2.05) is 12.1 Å². The van der Waals surface area contributed by atoms with Gasteiger partial charge in [-0.3, -0.25) is 0 Å². The van der Waals surface area contributed by atoms with Crippen LogP contribution in [0.3, 0.4) is 0 Å². The Morgan fingerprint density at radius 1 is 1.25 bits per heavy atom. The SMILES string of the molecule is Fc1ccc(C2(NC3CCNC3)CC2)cc1. The number of benzene rings is 1. The second kappa shape index (κ2) is 3.82. The van der Waals surface area contributed by atoms with Crippen molar-refractivity contribution in [2.45, 2.75) is 30.8 Å². The topological polar surface area (TPSA) is 24.1 Å². The second-order valence-electron chi connectivity index (χ2n) is 4.92. The first-order valence-corrected chi connectivity index (χ1v) is 6.03. The summed E-state index contributed by atoms with van der Waals surface area (Å²) in [4.78, 5) is 0. The summed E-state index contributed by atoms with van der Waals surface area (Å²) < 4.78 is 12.9. The number of hydrogen-bond acceptors (Lipinski definition) is 2. The third-order valence-electron chi connectivity index (χ3n) is 3.69. The summed E-state index contributed by atoms with van der Waals surface area (Å²) in [7, 11) is 0. The number of halogens is 1. The maximum atomic E-state index is 12.9. The smallest absolute Gasteiger partial charge is 0.123 e. The van der Waals surface area contributed by atoms with Crippen molar-refractivity contribution in [1.82, 2.24) is 10.6 Å². The van der Waals surface area contributed by atoms with Gasteiger partial charge in [-0.1, -0.05) is 12.1 Å². The first kappa shape index (κ1) is 10.2. The van der Waals surface area contributed by atoms with Crippen molar-refractivity contribution in [2.75, 3.05) is 13.1 Å². The van der Waals surface area contributed by atoms with Crippen molar-refractivity contribution in [3.63, 3.8) is 0 Å². The lowest BCUT2D eigenvalue weighted by molar-refractivity contribution is 0.438. The lowest BCUT2D eigenvalue weighted by atomic mass is 10.0. The Morgan fingerprint density at radius 2 is 2.00 bits per heavy atom. The van der Waals surface area contributed by atoms with E-state index in [1.54, 1.807) is 12.1 Å². The average Bonchev–Trinajstić information content (AvgIpc) is 2.88. The lowest BCUT2D eigenvalue weighted by Crippen LogP contribution is -2.39. The van der Waals surface area contributed by atoms with E-state index in [1.165, 1.54) is 24.8 Å². The maximum absolute atomic E-state index is 12.9. The van der Waals surface area contributed by atoms with E-state index in [0.717, 1.165) is 13.1 Å². The molecular formula is C13H17FN2. The zero-order valence-electron chi connectivity index (χ0n) is 9.30. The standard InChI is InChI=1S/C13H17FN2/c14-11-3-1-10(2-4-11)13(6-7-13)16-12-5-8-15-9-12/h1-4,12,15-16H,5-9H2. The van der Waals surface area contributed by atoms with Gasteiger partial charge in [-0.05, 0) is 43.5 Å². The summed E-state index contributed by atoms with van der Waals surface area (Å²) in [6.07, 6.45) is 3.55. The highest BCUT2D eigenvalue weighted by Crippen LogP contribution is 2.46. The minimum absolute atomic E-state index is 0.143. The molecule has 1 saturated carbocycles. The fraction of sp³-hybridized carbons (Fsp3) is 0.538. The molecule has 1 unspecified atom stereocenters. The third-order valence-corrected chi connectivity index (χ3v) is 3.69. The molecule has 0 radical (unpaired) electrons. The average molecular weight is 220 g/mol. The highest BCUT2D eigenvalue weighted by molar-refractivity contribution is 5.30. The molecule has 2 nitrogen and oxygen atoms in total. The van der Waals surface area contributed by atoms with E-state index in [2.05, 4.69) is 10.6 Å². The Morgan fingerprint density at radius 3 is 2.56 bits per heavy atom. The Bertz CT molecular complexity index is 364. The predicted octanol–water partition coefficient (Wildman–Crippen LogP) is 1.77. The van der Waals surface area contributed by atoms with Crippen LogP contribution in [0.15, 0.2) is 24.3 Å². The molecule has 1 aliphatic carbocycles. The molecule has 86 valence electrons. The molecular weight excluding hydrogens is 203 g/mol. The van der Waals surface area contributed by atoms with Gasteiger partial charge in [0.25, 0.3) is 0 Å². The minimum atomic E-state index is -0.151. The van der Waals surface area contributed by atoms with E-state index in [0.29, 0.717) is 6.04 Å². The highest BCUT2D eigenvalue weighted by Gasteiger charge is 2.45. The van der Waals surface area contributed by atoms with Gasteiger partial charge in [0.15, 0.2) is 0 Å². The highest BCUT2D eigenvalue weighted by atomic mass is 19.1. The fourth-order valence-corrected chi connectivity index (χ4v) is 2.58. The zero-order valence-corrected chi connectivity index (χ0v) is 9.30. The van der Waals surface area contributed by atoms with Gasteiger partial charge >= 0.3 is 0 Å². The fourth-order valence-electron chi connectivity index (χ4n) is 2.58. The van der Waals surface area contributed by atoms with Crippen LogP contribution in [-0.4, -0.2) is 19.1 Å². The predicted molar refractivity (Wildman–Crippen MR) is 61.7 cm³/mol. The zero-order chi connectivity index (χ0) is 11.0. The van der Waals surface area contributed by atoms with Crippen molar-refractivity contribution < 1.29 is 4.39 Å². The summed E-state index contributed by atoms with van der Waals surface area (Å²) in [5, 5.41) is 7.08. The number of hydrogen-bond donors (Lipinski definition) is 2. The Balaban J connectivity index is 1.74. The first-order valence-electron chi connectivity index (χ1n) is 6.03. The summed E-state index contributed by atoms with van der Waals surface area (Å²) in [6.45, 7) is 2.17. The molecule has 3 rings (SSSR count). The summed E-state index contributed by atoms with van der Waals surface area (Å²) in [5.74, 6) is -0.151. The quantitative estimate of drug-likeness (QED) is 0.811. The first-order chi connectivity index (χ1) is 7.78. The molecule has 0 amide bonds. The van der Waals surface area contributed by atoms with Gasteiger partial charge in [-0.15, -0.1) is 0 Å². The summed E-state index contributed by atoms with van der Waals surface area (Å²) in [5.41, 5.74) is 1.38. The van der Waals surface area contributed by atoms with Crippen molar-refractivity contribution in [3.8, 4) is 0 Å². The molecule has 16 heavy (non-hydrogen) atoms. The Hall–Kier alpha value is -0.930. The van der Waals surface area contributed by atoms with Gasteiger partial charge in [0, 0.05) is 18.1 Å². The van der Waals surface area contributed by atoms with Crippen LogP contribution >= 0.6 is 0 Å². The lowest BCUT2D eigenvalue weighted by Gasteiger charge is -2.22. The van der Waals surface area contributed by atoms with Crippen molar-refractivity contribution in [1.29, 1.82) is 0 Å². The Kier molecular flexibility index (Phi) is 2.45. The largest absolute Gasteiger partial charge is 0.315 e. The summed E-state index contributed by atoms with van der Waals surface area (Å²) >= 11 is 0. The van der Waals surface area contributed by atoms with Gasteiger partial charge in [0.2, 0.25) is 0 Å². The van der Waals surface area contributed by atoms with Crippen molar-refractivity contribution in [3.05, 3.63) is 35.6 Å². The van der Waals surface area contributed by atoms with Crippen molar-refractivity contribution >= 4 is 0 Å². The normalized spacial score (nSPS) is 26.9. The van der Waals surface area contributed by atoms with Gasteiger partial charge in [-0.2, -0.15) is 0 Å². The molecule has 0 spiro atoms. The molecule has 1 heterocycles. The van der Waals surface area contributed by atoms with E-state index >= 15 is 0 Å². The molecule has 1 atom stereocenters. The molecule has 1 aromatic rings. The minimum Gasteiger partial charge on any atom is -0.315 e. The van der Waals surface area contributed by atoms with E-state index in [9.17, 15) is 4.39 Å². The number of nitrogens with one attached hydrogen (secondary N) is 2. The van der Waals surface area contributed by atoms with E-state index in [4.69, 9.17) is 0 Å². The third kappa shape index (κ3) is 1.85. The molecule has 1 aromatic carbocycles. The van der Waals surface area contributed by atoms with Gasteiger partial charge in [0.1, 0.15) is 5.82 Å². The molecule has 0 bridgehead atoms. The molecule has 2 N–H and O–H groups in total. The number of rotatable bonds is 3. The molecule has 0 aromatic heterocycles. The van der Waals surface area contributed by atoms with Crippen LogP contribution in [0, 0.1) is 5.82 Å². The van der Waals surface area contributed by atoms with E-state index in [-0.39, 0.29) is 11.4 Å². The Labute approximate surface area is 95.2 Å². The molecule has 1 aliphatic heterocycles. The molecule has 2 aliphatic rings. The van der Waals surface area contributed by atoms with Gasteiger partial charge in [0.05, 0.1) is 0 Å². The van der Waals surface area contributed by atoms with Crippen LogP contribution in [0.4, 0.5) is 4.39 Å². The maximum Gasteiger partial charge on any atom is 0.123 e. The van der Waals surface area contributed by atoms with Crippen LogP contribution in [0.5, 0.6) is 0 Å².